The standard InChI is InChI=1S/C19H26N2O3/c1-12(2)17-8-13-9-18(21-6-5-15(11-21)23-3)16(19(22)24-4)7-14(13)10-20-17/h7,9-10,12,15,17H,5-6,8,11H2,1-4H3. The molecule has 2 unspecified atom stereocenters. The van der Waals surface area contributed by atoms with Gasteiger partial charge in [-0.25, -0.2) is 4.79 Å². The summed E-state index contributed by atoms with van der Waals surface area (Å²) in [5.74, 6) is 0.204. The van der Waals surface area contributed by atoms with E-state index in [1.54, 1.807) is 7.11 Å². The van der Waals surface area contributed by atoms with Gasteiger partial charge in [-0.3, -0.25) is 4.99 Å². The van der Waals surface area contributed by atoms with Crippen LogP contribution in [0.3, 0.4) is 0 Å². The highest BCUT2D eigenvalue weighted by atomic mass is 16.5. The fourth-order valence-electron chi connectivity index (χ4n) is 3.48. The van der Waals surface area contributed by atoms with Crippen LogP contribution in [0.5, 0.6) is 0 Å². The first kappa shape index (κ1) is 17.0. The molecule has 3 rings (SSSR count). The number of benzene rings is 1. The molecule has 130 valence electrons. The zero-order chi connectivity index (χ0) is 17.3. The van der Waals surface area contributed by atoms with Crippen LogP contribution in [-0.4, -0.2) is 51.6 Å². The van der Waals surface area contributed by atoms with Crippen LogP contribution in [0.25, 0.3) is 0 Å². The Kier molecular flexibility index (Phi) is 4.90. The summed E-state index contributed by atoms with van der Waals surface area (Å²) in [6, 6.07) is 4.39. The van der Waals surface area contributed by atoms with Crippen molar-refractivity contribution >= 4 is 17.9 Å². The van der Waals surface area contributed by atoms with E-state index in [4.69, 9.17) is 9.47 Å². The monoisotopic (exact) mass is 330 g/mol. The van der Waals surface area contributed by atoms with Crippen LogP contribution in [0, 0.1) is 5.92 Å². The summed E-state index contributed by atoms with van der Waals surface area (Å²) < 4.78 is 10.5. The lowest BCUT2D eigenvalue weighted by Gasteiger charge is -2.26. The van der Waals surface area contributed by atoms with E-state index in [1.165, 1.54) is 12.7 Å². The van der Waals surface area contributed by atoms with Crippen LogP contribution in [-0.2, 0) is 15.9 Å². The van der Waals surface area contributed by atoms with Crippen molar-refractivity contribution in [2.75, 3.05) is 32.2 Å². The van der Waals surface area contributed by atoms with Gasteiger partial charge in [0.15, 0.2) is 0 Å². The Morgan fingerprint density at radius 2 is 2.12 bits per heavy atom. The van der Waals surface area contributed by atoms with Crippen LogP contribution in [0.1, 0.15) is 41.8 Å². The number of ether oxygens (including phenoxy) is 2. The molecule has 0 aromatic heterocycles. The van der Waals surface area contributed by atoms with Gasteiger partial charge in [0, 0.05) is 26.4 Å². The first-order chi connectivity index (χ1) is 11.5. The van der Waals surface area contributed by atoms with Gasteiger partial charge >= 0.3 is 5.97 Å². The molecule has 0 saturated carbocycles. The summed E-state index contributed by atoms with van der Waals surface area (Å²) in [6.07, 6.45) is 4.02. The lowest BCUT2D eigenvalue weighted by molar-refractivity contribution is 0.0601. The maximum absolute atomic E-state index is 12.3. The lowest BCUT2D eigenvalue weighted by atomic mass is 9.90. The van der Waals surface area contributed by atoms with Crippen molar-refractivity contribution in [2.45, 2.75) is 38.8 Å². The molecule has 0 bridgehead atoms. The van der Waals surface area contributed by atoms with E-state index in [0.29, 0.717) is 17.5 Å². The van der Waals surface area contributed by atoms with Crippen molar-refractivity contribution in [1.82, 2.24) is 0 Å². The summed E-state index contributed by atoms with van der Waals surface area (Å²) in [7, 11) is 3.17. The smallest absolute Gasteiger partial charge is 0.339 e. The van der Waals surface area contributed by atoms with Crippen molar-refractivity contribution in [3.05, 3.63) is 28.8 Å². The first-order valence-corrected chi connectivity index (χ1v) is 8.59. The molecule has 1 fully saturated rings. The second-order valence-electron chi connectivity index (χ2n) is 6.95. The molecule has 1 aromatic rings. The third-order valence-corrected chi connectivity index (χ3v) is 5.09. The largest absolute Gasteiger partial charge is 0.465 e. The molecule has 0 spiro atoms. The second kappa shape index (κ2) is 6.93. The molecule has 1 aromatic carbocycles. The van der Waals surface area contributed by atoms with Crippen molar-refractivity contribution in [3.63, 3.8) is 0 Å². The molecule has 1 saturated heterocycles. The minimum absolute atomic E-state index is 0.219. The highest BCUT2D eigenvalue weighted by Gasteiger charge is 2.28. The molecule has 5 heteroatoms. The molecule has 0 radical (unpaired) electrons. The van der Waals surface area contributed by atoms with Gasteiger partial charge in [0.25, 0.3) is 0 Å². The molecular weight excluding hydrogens is 304 g/mol. The highest BCUT2D eigenvalue weighted by molar-refractivity contribution is 5.99. The van der Waals surface area contributed by atoms with Gasteiger partial charge < -0.3 is 14.4 Å². The Morgan fingerprint density at radius 1 is 1.33 bits per heavy atom. The van der Waals surface area contributed by atoms with Gasteiger partial charge in [0.05, 0.1) is 30.5 Å². The number of nitrogens with zero attached hydrogens (tertiary/aromatic N) is 2. The molecule has 0 amide bonds. The number of carbonyl (C=O) groups is 1. The molecule has 24 heavy (non-hydrogen) atoms. The average Bonchev–Trinajstić information content (AvgIpc) is 3.08. The molecule has 2 atom stereocenters. The van der Waals surface area contributed by atoms with Crippen molar-refractivity contribution in [1.29, 1.82) is 0 Å². The summed E-state index contributed by atoms with van der Waals surface area (Å²) in [4.78, 5) is 19.1. The van der Waals surface area contributed by atoms with Crippen LogP contribution >= 0.6 is 0 Å². The Bertz CT molecular complexity index is 654. The van der Waals surface area contributed by atoms with Gasteiger partial charge in [-0.15, -0.1) is 0 Å². The number of rotatable bonds is 4. The van der Waals surface area contributed by atoms with E-state index in [1.807, 2.05) is 12.3 Å². The van der Waals surface area contributed by atoms with Crippen LogP contribution in [0.2, 0.25) is 0 Å². The van der Waals surface area contributed by atoms with Gasteiger partial charge in [-0.05, 0) is 42.0 Å². The Balaban J connectivity index is 1.99. The van der Waals surface area contributed by atoms with Gasteiger partial charge in [-0.2, -0.15) is 0 Å². The highest BCUT2D eigenvalue weighted by Crippen LogP contribution is 2.32. The lowest BCUT2D eigenvalue weighted by Crippen LogP contribution is -2.26. The quantitative estimate of drug-likeness (QED) is 0.797. The van der Waals surface area contributed by atoms with Crippen molar-refractivity contribution in [3.8, 4) is 0 Å². The third kappa shape index (κ3) is 3.18. The number of anilines is 1. The van der Waals surface area contributed by atoms with Crippen LogP contribution in [0.4, 0.5) is 5.69 Å². The van der Waals surface area contributed by atoms with E-state index < -0.39 is 0 Å². The Hall–Kier alpha value is -1.88. The minimum atomic E-state index is -0.298. The maximum Gasteiger partial charge on any atom is 0.339 e. The van der Waals surface area contributed by atoms with E-state index in [0.717, 1.165) is 37.2 Å². The number of methoxy groups -OCH3 is 2. The SMILES string of the molecule is COC(=O)c1cc2c(cc1N1CCC(OC)C1)CC(C(C)C)N=C2. The summed E-state index contributed by atoms with van der Waals surface area (Å²) >= 11 is 0. The number of fused-ring (bicyclic) bond motifs is 1. The normalized spacial score (nSPS) is 22.8. The maximum atomic E-state index is 12.3. The third-order valence-electron chi connectivity index (χ3n) is 5.09. The number of carbonyl (C=O) groups excluding carboxylic acids is 1. The minimum Gasteiger partial charge on any atom is -0.465 e. The summed E-state index contributed by atoms with van der Waals surface area (Å²) in [5, 5.41) is 0. The molecule has 2 heterocycles. The average molecular weight is 330 g/mol. The summed E-state index contributed by atoms with van der Waals surface area (Å²) in [5.41, 5.74) is 3.85. The van der Waals surface area contributed by atoms with Crippen molar-refractivity contribution in [2.24, 2.45) is 10.9 Å². The first-order valence-electron chi connectivity index (χ1n) is 8.59. The second-order valence-corrected chi connectivity index (χ2v) is 6.95. The van der Waals surface area contributed by atoms with Crippen LogP contribution in [0.15, 0.2) is 17.1 Å². The Morgan fingerprint density at radius 3 is 2.75 bits per heavy atom. The predicted molar refractivity (Wildman–Crippen MR) is 95.3 cm³/mol. The van der Waals surface area contributed by atoms with E-state index >= 15 is 0 Å². The molecule has 0 aliphatic carbocycles. The molecule has 0 N–H and O–H groups in total. The van der Waals surface area contributed by atoms with Gasteiger partial charge in [-0.1, -0.05) is 13.8 Å². The van der Waals surface area contributed by atoms with E-state index in [2.05, 4.69) is 29.8 Å². The number of hydrogen-bond donors (Lipinski definition) is 0. The zero-order valence-electron chi connectivity index (χ0n) is 14.9. The molecule has 2 aliphatic rings. The van der Waals surface area contributed by atoms with E-state index in [-0.39, 0.29) is 12.1 Å². The van der Waals surface area contributed by atoms with Gasteiger partial charge in [0.1, 0.15) is 0 Å². The van der Waals surface area contributed by atoms with Crippen molar-refractivity contribution < 1.29 is 14.3 Å². The predicted octanol–water partition coefficient (Wildman–Crippen LogP) is 2.70. The molecule has 5 nitrogen and oxygen atoms in total. The Labute approximate surface area is 143 Å². The van der Waals surface area contributed by atoms with Crippen LogP contribution < -0.4 is 4.90 Å². The number of aliphatic imine (C=N–C) groups is 1. The number of hydrogen-bond acceptors (Lipinski definition) is 5. The summed E-state index contributed by atoms with van der Waals surface area (Å²) in [6.45, 7) is 6.09. The topological polar surface area (TPSA) is 51.1 Å². The molecular formula is C19H26N2O3. The zero-order valence-corrected chi connectivity index (χ0v) is 14.9. The van der Waals surface area contributed by atoms with Gasteiger partial charge in [0.2, 0.25) is 0 Å². The fraction of sp³-hybridized carbons (Fsp3) is 0.579. The number of esters is 1. The molecule has 2 aliphatic heterocycles. The fourth-order valence-corrected chi connectivity index (χ4v) is 3.48. The van der Waals surface area contributed by atoms with E-state index in [9.17, 15) is 4.79 Å².